The minimum atomic E-state index is -0.634. The van der Waals surface area contributed by atoms with Crippen LogP contribution in [0.15, 0.2) is 34.7 Å². The van der Waals surface area contributed by atoms with Crippen LogP contribution < -0.4 is 10.6 Å². The van der Waals surface area contributed by atoms with Gasteiger partial charge in [0.15, 0.2) is 4.34 Å². The molecule has 1 heterocycles. The maximum Gasteiger partial charge on any atom is 0.328 e. The third-order valence-corrected chi connectivity index (χ3v) is 6.02. The minimum Gasteiger partial charge on any atom is -0.467 e. The lowest BCUT2D eigenvalue weighted by Gasteiger charge is -2.21. The third-order valence-electron chi connectivity index (χ3n) is 4.00. The van der Waals surface area contributed by atoms with E-state index in [1.807, 2.05) is 44.2 Å². The van der Waals surface area contributed by atoms with Crippen LogP contribution in [0.4, 0.5) is 5.13 Å². The number of hydrogen-bond donors (Lipinski definition) is 2. The van der Waals surface area contributed by atoms with Gasteiger partial charge in [0, 0.05) is 6.54 Å². The second kappa shape index (κ2) is 10.9. The summed E-state index contributed by atoms with van der Waals surface area (Å²) < 4.78 is 5.47. The molecule has 9 heteroatoms. The van der Waals surface area contributed by atoms with Crippen LogP contribution in [0.3, 0.4) is 0 Å². The van der Waals surface area contributed by atoms with Gasteiger partial charge >= 0.3 is 5.97 Å². The fourth-order valence-corrected chi connectivity index (χ4v) is 3.81. The zero-order valence-corrected chi connectivity index (χ0v) is 17.2. The van der Waals surface area contributed by atoms with E-state index in [0.29, 0.717) is 16.0 Å². The van der Waals surface area contributed by atoms with Crippen LogP contribution in [0.5, 0.6) is 0 Å². The lowest BCUT2D eigenvalue weighted by atomic mass is 9.99. The molecule has 2 atom stereocenters. The van der Waals surface area contributed by atoms with Gasteiger partial charge in [0.25, 0.3) is 0 Å². The smallest absolute Gasteiger partial charge is 0.328 e. The molecule has 2 rings (SSSR count). The van der Waals surface area contributed by atoms with Crippen molar-refractivity contribution in [3.05, 3.63) is 35.9 Å². The van der Waals surface area contributed by atoms with E-state index in [-0.39, 0.29) is 17.6 Å². The van der Waals surface area contributed by atoms with Gasteiger partial charge in [-0.25, -0.2) is 4.79 Å². The van der Waals surface area contributed by atoms with Crippen molar-refractivity contribution < 1.29 is 14.3 Å². The van der Waals surface area contributed by atoms with Gasteiger partial charge < -0.3 is 15.4 Å². The van der Waals surface area contributed by atoms with Gasteiger partial charge in [-0.15, -0.1) is 10.2 Å². The molecule has 0 aliphatic heterocycles. The SMILES string of the molecule is CC[C@H](C)[C@H](NC(=O)CSc1nnc(NCc2ccccc2)s1)C(=O)OC. The van der Waals surface area contributed by atoms with Crippen LogP contribution in [0.2, 0.25) is 0 Å². The Balaban J connectivity index is 1.81. The molecule has 1 aromatic heterocycles. The van der Waals surface area contributed by atoms with Crippen molar-refractivity contribution in [3.63, 3.8) is 0 Å². The lowest BCUT2D eigenvalue weighted by molar-refractivity contribution is -0.146. The Morgan fingerprint density at radius 2 is 2.00 bits per heavy atom. The van der Waals surface area contributed by atoms with Crippen LogP contribution in [-0.2, 0) is 20.9 Å². The van der Waals surface area contributed by atoms with Gasteiger partial charge in [-0.05, 0) is 11.5 Å². The number of amides is 1. The average molecular weight is 409 g/mol. The molecule has 1 aromatic carbocycles. The summed E-state index contributed by atoms with van der Waals surface area (Å²) in [6.45, 7) is 4.54. The number of carbonyl (C=O) groups excluding carboxylic acids is 2. The van der Waals surface area contributed by atoms with Crippen LogP contribution >= 0.6 is 23.1 Å². The van der Waals surface area contributed by atoms with E-state index < -0.39 is 12.0 Å². The van der Waals surface area contributed by atoms with Crippen LogP contribution in [0, 0.1) is 5.92 Å². The first kappa shape index (κ1) is 21.2. The lowest BCUT2D eigenvalue weighted by Crippen LogP contribution is -2.46. The highest BCUT2D eigenvalue weighted by molar-refractivity contribution is 8.01. The molecule has 2 N–H and O–H groups in total. The summed E-state index contributed by atoms with van der Waals surface area (Å²) in [5, 5.41) is 14.8. The summed E-state index contributed by atoms with van der Waals surface area (Å²) in [4.78, 5) is 24.0. The number of benzene rings is 1. The van der Waals surface area contributed by atoms with Crippen LogP contribution in [-0.4, -0.2) is 41.0 Å². The number of ether oxygens (including phenoxy) is 1. The second-order valence-electron chi connectivity index (χ2n) is 5.95. The Morgan fingerprint density at radius 3 is 2.67 bits per heavy atom. The molecular formula is C18H24N4O3S2. The average Bonchev–Trinajstić information content (AvgIpc) is 3.16. The molecule has 2 aromatic rings. The van der Waals surface area contributed by atoms with Crippen molar-refractivity contribution >= 4 is 40.1 Å². The molecule has 0 saturated heterocycles. The Bertz CT molecular complexity index is 739. The van der Waals surface area contributed by atoms with Gasteiger partial charge in [-0.1, -0.05) is 73.7 Å². The van der Waals surface area contributed by atoms with E-state index in [0.717, 1.165) is 12.0 Å². The number of nitrogens with zero attached hydrogens (tertiary/aromatic N) is 2. The Labute approximate surface area is 167 Å². The molecule has 7 nitrogen and oxygen atoms in total. The highest BCUT2D eigenvalue weighted by Crippen LogP contribution is 2.25. The Kier molecular flexibility index (Phi) is 8.53. The summed E-state index contributed by atoms with van der Waals surface area (Å²) >= 11 is 2.69. The first-order chi connectivity index (χ1) is 13.0. The summed E-state index contributed by atoms with van der Waals surface area (Å²) in [5.74, 6) is -0.491. The summed E-state index contributed by atoms with van der Waals surface area (Å²) in [6.07, 6.45) is 0.764. The fraction of sp³-hybridized carbons (Fsp3) is 0.444. The highest BCUT2D eigenvalue weighted by atomic mass is 32.2. The fourth-order valence-electron chi connectivity index (χ4n) is 2.25. The minimum absolute atomic E-state index is 0.00159. The number of aromatic nitrogens is 2. The number of anilines is 1. The molecule has 27 heavy (non-hydrogen) atoms. The molecule has 0 saturated carbocycles. The Morgan fingerprint density at radius 1 is 1.26 bits per heavy atom. The number of nitrogens with one attached hydrogen (secondary N) is 2. The van der Waals surface area contributed by atoms with E-state index >= 15 is 0 Å². The topological polar surface area (TPSA) is 93.2 Å². The standard InChI is InChI=1S/C18H24N4O3S2/c1-4-12(2)15(16(24)25-3)20-14(23)11-26-18-22-21-17(27-18)19-10-13-8-6-5-7-9-13/h5-9,12,15H,4,10-11H2,1-3H3,(H,19,21)(H,20,23)/t12-,15-/m0/s1. The van der Waals surface area contributed by atoms with Crippen molar-refractivity contribution in [1.29, 1.82) is 0 Å². The zero-order valence-electron chi connectivity index (χ0n) is 15.6. The van der Waals surface area contributed by atoms with E-state index in [9.17, 15) is 9.59 Å². The largest absolute Gasteiger partial charge is 0.467 e. The molecule has 0 fully saturated rings. The van der Waals surface area contributed by atoms with Gasteiger partial charge in [0.2, 0.25) is 11.0 Å². The van der Waals surface area contributed by atoms with Crippen molar-refractivity contribution in [2.24, 2.45) is 5.92 Å². The maximum atomic E-state index is 12.2. The molecule has 0 unspecified atom stereocenters. The summed E-state index contributed by atoms with van der Waals surface area (Å²) in [7, 11) is 1.32. The number of hydrogen-bond acceptors (Lipinski definition) is 8. The Hall–Kier alpha value is -2.13. The molecule has 0 radical (unpaired) electrons. The van der Waals surface area contributed by atoms with Crippen molar-refractivity contribution in [2.75, 3.05) is 18.2 Å². The second-order valence-corrected chi connectivity index (χ2v) is 8.15. The molecule has 0 aliphatic rings. The number of thioether (sulfide) groups is 1. The predicted octanol–water partition coefficient (Wildman–Crippen LogP) is 2.95. The van der Waals surface area contributed by atoms with Crippen molar-refractivity contribution in [3.8, 4) is 0 Å². The normalized spacial score (nSPS) is 12.9. The number of esters is 1. The molecule has 0 aliphatic carbocycles. The number of rotatable bonds is 10. The molecule has 146 valence electrons. The van der Waals surface area contributed by atoms with Crippen molar-refractivity contribution in [1.82, 2.24) is 15.5 Å². The first-order valence-electron chi connectivity index (χ1n) is 8.64. The number of carbonyl (C=O) groups is 2. The molecule has 1 amide bonds. The van der Waals surface area contributed by atoms with Crippen molar-refractivity contribution in [2.45, 2.75) is 37.2 Å². The van der Waals surface area contributed by atoms with Gasteiger partial charge in [-0.2, -0.15) is 0 Å². The summed E-state index contributed by atoms with van der Waals surface area (Å²) in [5.41, 5.74) is 1.15. The number of methoxy groups -OCH3 is 1. The predicted molar refractivity (Wildman–Crippen MR) is 108 cm³/mol. The van der Waals surface area contributed by atoms with E-state index in [1.54, 1.807) is 0 Å². The maximum absolute atomic E-state index is 12.2. The van der Waals surface area contributed by atoms with E-state index in [2.05, 4.69) is 20.8 Å². The third kappa shape index (κ3) is 6.84. The van der Waals surface area contributed by atoms with Gasteiger partial charge in [0.1, 0.15) is 6.04 Å². The van der Waals surface area contributed by atoms with E-state index in [1.165, 1.54) is 30.2 Å². The first-order valence-corrected chi connectivity index (χ1v) is 10.4. The molecule has 0 spiro atoms. The van der Waals surface area contributed by atoms with E-state index in [4.69, 9.17) is 4.74 Å². The van der Waals surface area contributed by atoms with Crippen LogP contribution in [0.1, 0.15) is 25.8 Å². The summed E-state index contributed by atoms with van der Waals surface area (Å²) in [6, 6.07) is 9.37. The molecule has 0 bridgehead atoms. The quantitative estimate of drug-likeness (QED) is 0.461. The van der Waals surface area contributed by atoms with Crippen LogP contribution in [0.25, 0.3) is 0 Å². The monoisotopic (exact) mass is 408 g/mol. The van der Waals surface area contributed by atoms with Gasteiger partial charge in [0.05, 0.1) is 12.9 Å². The molecular weight excluding hydrogens is 384 g/mol. The zero-order chi connectivity index (χ0) is 19.6. The van der Waals surface area contributed by atoms with Gasteiger partial charge in [-0.3, -0.25) is 4.79 Å². The highest BCUT2D eigenvalue weighted by Gasteiger charge is 2.26.